The van der Waals surface area contributed by atoms with Gasteiger partial charge >= 0.3 is 12.0 Å². The molecule has 2 aromatic rings. The van der Waals surface area contributed by atoms with Crippen LogP contribution >= 0.6 is 0 Å². The molecule has 0 aliphatic rings. The van der Waals surface area contributed by atoms with Crippen LogP contribution < -0.4 is 20.4 Å². The molecule has 21 heavy (non-hydrogen) atoms. The summed E-state index contributed by atoms with van der Waals surface area (Å²) in [5.41, 5.74) is -0.838. The number of alkyl halides is 3. The molecule has 0 radical (unpaired) electrons. The lowest BCUT2D eigenvalue weighted by Crippen LogP contribution is -2.41. The van der Waals surface area contributed by atoms with Crippen molar-refractivity contribution in [3.63, 3.8) is 0 Å². The zero-order valence-corrected chi connectivity index (χ0v) is 10.3. The average Bonchev–Trinajstić information content (AvgIpc) is 2.75. The van der Waals surface area contributed by atoms with E-state index in [2.05, 4.69) is 19.8 Å². The first-order chi connectivity index (χ1) is 9.83. The number of aromatic nitrogens is 2. The van der Waals surface area contributed by atoms with Crippen LogP contribution in [-0.4, -0.2) is 17.5 Å². The zero-order chi connectivity index (χ0) is 15.5. The van der Waals surface area contributed by atoms with Gasteiger partial charge in [0.15, 0.2) is 5.75 Å². The fraction of sp³-hybridized carbons (Fsp3) is 0.182. The van der Waals surface area contributed by atoms with Gasteiger partial charge in [0, 0.05) is 0 Å². The van der Waals surface area contributed by atoms with Crippen molar-refractivity contribution in [2.24, 2.45) is 0 Å². The summed E-state index contributed by atoms with van der Waals surface area (Å²) >= 11 is 0. The molecule has 0 spiro atoms. The lowest BCUT2D eigenvalue weighted by atomic mass is 10.3. The molecule has 10 heteroatoms. The van der Waals surface area contributed by atoms with Gasteiger partial charge in [0.2, 0.25) is 0 Å². The number of hydrogen-bond donors (Lipinski definition) is 2. The summed E-state index contributed by atoms with van der Waals surface area (Å²) in [5.74, 6) is -1.21. The van der Waals surface area contributed by atoms with E-state index in [0.717, 1.165) is 16.9 Å². The predicted molar refractivity (Wildman–Crippen MR) is 61.3 cm³/mol. The van der Waals surface area contributed by atoms with Crippen LogP contribution in [0.2, 0.25) is 0 Å². The number of nitrogens with one attached hydrogen (secondary N) is 2. The summed E-state index contributed by atoms with van der Waals surface area (Å²) in [7, 11) is 0. The van der Waals surface area contributed by atoms with Crippen LogP contribution in [0.15, 0.2) is 39.8 Å². The zero-order valence-electron chi connectivity index (χ0n) is 10.3. The number of hydrogen-bond acceptors (Lipinski definition) is 4. The number of para-hydroxylation sites is 2. The molecule has 2 N–H and O–H groups in total. The molecule has 0 fully saturated rings. The van der Waals surface area contributed by atoms with Gasteiger partial charge in [0.05, 0.1) is 5.69 Å². The number of aromatic amines is 1. The first-order valence-corrected chi connectivity index (χ1v) is 5.56. The summed E-state index contributed by atoms with van der Waals surface area (Å²) in [6.45, 7) is -0.341. The van der Waals surface area contributed by atoms with E-state index in [-0.39, 0.29) is 12.2 Å². The van der Waals surface area contributed by atoms with Crippen molar-refractivity contribution >= 4 is 11.6 Å². The highest BCUT2D eigenvalue weighted by atomic mass is 19.4. The molecular weight excluding hydrogens is 295 g/mol. The van der Waals surface area contributed by atoms with E-state index in [1.54, 1.807) is 0 Å². The normalized spacial score (nSPS) is 11.2. The highest BCUT2D eigenvalue weighted by Gasteiger charge is 2.32. The van der Waals surface area contributed by atoms with Gasteiger partial charge in [-0.1, -0.05) is 16.8 Å². The number of amides is 1. The molecule has 1 aromatic carbocycles. The summed E-state index contributed by atoms with van der Waals surface area (Å²) in [5, 5.41) is 4.37. The second-order valence-corrected chi connectivity index (χ2v) is 3.86. The Morgan fingerprint density at radius 2 is 2.10 bits per heavy atom. The number of H-pyrrole nitrogens is 1. The number of carbonyl (C=O) groups is 1. The first kappa shape index (κ1) is 14.6. The van der Waals surface area contributed by atoms with Gasteiger partial charge in [0.1, 0.15) is 0 Å². The van der Waals surface area contributed by atoms with Crippen molar-refractivity contribution in [2.45, 2.75) is 12.9 Å². The number of carbonyl (C=O) groups excluding carboxylic acids is 1. The standard InChI is InChI=1S/C11H8F3N3O4/c12-11(13,14)20-8-4-2-1-3-7(8)15-9(18)5-17-6-10(19)21-16-17/h1-4,6H,5H2,(H-,15,16,18,19)/p+1. The summed E-state index contributed by atoms with van der Waals surface area (Å²) in [6, 6.07) is 5.09. The monoisotopic (exact) mass is 304 g/mol. The van der Waals surface area contributed by atoms with Crippen LogP contribution in [0.4, 0.5) is 18.9 Å². The fourth-order valence-electron chi connectivity index (χ4n) is 1.49. The molecule has 0 atom stereocenters. The molecule has 0 unspecified atom stereocenters. The maximum Gasteiger partial charge on any atom is 0.573 e. The van der Waals surface area contributed by atoms with Gasteiger partial charge in [-0.2, -0.15) is 0 Å². The predicted octanol–water partition coefficient (Wildman–Crippen LogP) is 0.793. The van der Waals surface area contributed by atoms with Gasteiger partial charge in [0.25, 0.3) is 18.6 Å². The molecule has 1 amide bonds. The molecular formula is C11H9F3N3O4+. The fourth-order valence-corrected chi connectivity index (χ4v) is 1.49. The second-order valence-electron chi connectivity index (χ2n) is 3.86. The van der Waals surface area contributed by atoms with Crippen molar-refractivity contribution in [2.75, 3.05) is 5.32 Å². The average molecular weight is 304 g/mol. The maximum absolute atomic E-state index is 12.2. The Morgan fingerprint density at radius 3 is 2.71 bits per heavy atom. The Morgan fingerprint density at radius 1 is 1.38 bits per heavy atom. The Bertz CT molecular complexity index is 692. The van der Waals surface area contributed by atoms with Crippen molar-refractivity contribution in [1.82, 2.24) is 5.27 Å². The van der Waals surface area contributed by atoms with Gasteiger partial charge in [-0.15, -0.1) is 13.2 Å². The number of nitrogens with zero attached hydrogens (tertiary/aromatic N) is 1. The maximum atomic E-state index is 12.2. The molecule has 2 rings (SSSR count). The lowest BCUT2D eigenvalue weighted by molar-refractivity contribution is -0.750. The molecule has 1 aromatic heterocycles. The minimum Gasteiger partial charge on any atom is -0.404 e. The third-order valence-corrected chi connectivity index (χ3v) is 2.23. The van der Waals surface area contributed by atoms with E-state index >= 15 is 0 Å². The molecule has 112 valence electrons. The van der Waals surface area contributed by atoms with E-state index < -0.39 is 23.6 Å². The van der Waals surface area contributed by atoms with E-state index in [1.807, 2.05) is 0 Å². The van der Waals surface area contributed by atoms with Gasteiger partial charge in [-0.25, -0.2) is 4.79 Å². The van der Waals surface area contributed by atoms with Crippen LogP contribution in [0.25, 0.3) is 0 Å². The molecule has 0 saturated heterocycles. The number of anilines is 1. The van der Waals surface area contributed by atoms with Crippen LogP contribution in [0.3, 0.4) is 0 Å². The van der Waals surface area contributed by atoms with Gasteiger partial charge < -0.3 is 10.1 Å². The number of rotatable bonds is 4. The number of halogens is 3. The first-order valence-electron chi connectivity index (χ1n) is 5.56. The van der Waals surface area contributed by atoms with E-state index in [4.69, 9.17) is 0 Å². The highest BCUT2D eigenvalue weighted by molar-refractivity contribution is 5.91. The topological polar surface area (TPSA) is 88.2 Å². The Hall–Kier alpha value is -2.78. The number of benzene rings is 1. The Balaban J connectivity index is 2.08. The highest BCUT2D eigenvalue weighted by Crippen LogP contribution is 2.29. The summed E-state index contributed by atoms with van der Waals surface area (Å²) < 4.78 is 45.8. The quantitative estimate of drug-likeness (QED) is 0.818. The van der Waals surface area contributed by atoms with Crippen LogP contribution in [0.5, 0.6) is 5.75 Å². The van der Waals surface area contributed by atoms with Crippen molar-refractivity contribution < 1.29 is 31.9 Å². The van der Waals surface area contributed by atoms with E-state index in [0.29, 0.717) is 0 Å². The van der Waals surface area contributed by atoms with Crippen molar-refractivity contribution in [3.05, 3.63) is 40.9 Å². The van der Waals surface area contributed by atoms with Gasteiger partial charge in [-0.3, -0.25) is 9.32 Å². The second kappa shape index (κ2) is 5.69. The van der Waals surface area contributed by atoms with Crippen molar-refractivity contribution in [3.8, 4) is 5.75 Å². The third kappa shape index (κ3) is 4.37. The van der Waals surface area contributed by atoms with Crippen LogP contribution in [0.1, 0.15) is 0 Å². The van der Waals surface area contributed by atoms with Crippen molar-refractivity contribution in [1.29, 1.82) is 0 Å². The molecule has 7 nitrogen and oxygen atoms in total. The molecule has 1 heterocycles. The Labute approximate surface area is 114 Å². The number of ether oxygens (including phenoxy) is 1. The van der Waals surface area contributed by atoms with E-state index in [9.17, 15) is 22.8 Å². The molecule has 0 aliphatic heterocycles. The SMILES string of the molecule is O=C(C[n+]1cc(=O)o[nH]1)Nc1ccccc1OC(F)(F)F. The third-order valence-electron chi connectivity index (χ3n) is 2.23. The summed E-state index contributed by atoms with van der Waals surface area (Å²) in [4.78, 5) is 22.4. The smallest absolute Gasteiger partial charge is 0.404 e. The van der Waals surface area contributed by atoms with Crippen LogP contribution in [0, 0.1) is 0 Å². The van der Waals surface area contributed by atoms with E-state index in [1.165, 1.54) is 18.2 Å². The molecule has 0 aliphatic carbocycles. The summed E-state index contributed by atoms with van der Waals surface area (Å²) in [6.07, 6.45) is -3.89. The van der Waals surface area contributed by atoms with Gasteiger partial charge in [-0.05, 0) is 17.4 Å². The molecule has 0 bridgehead atoms. The minimum absolute atomic E-state index is 0.147. The molecule has 0 saturated carbocycles. The largest absolute Gasteiger partial charge is 0.573 e. The van der Waals surface area contributed by atoms with Crippen LogP contribution in [-0.2, 0) is 11.3 Å². The lowest BCUT2D eigenvalue weighted by Gasteiger charge is -2.12. The minimum atomic E-state index is -4.87. The Kier molecular flexibility index (Phi) is 3.96.